The minimum atomic E-state index is -0.161. The lowest BCUT2D eigenvalue weighted by molar-refractivity contribution is -0.129. The van der Waals surface area contributed by atoms with Gasteiger partial charge in [0.15, 0.2) is 0 Å². The maximum Gasteiger partial charge on any atom is 0.293 e. The van der Waals surface area contributed by atoms with Crippen LogP contribution in [0.4, 0.5) is 0 Å². The first-order valence-corrected chi connectivity index (χ1v) is 16.0. The van der Waals surface area contributed by atoms with E-state index in [2.05, 4.69) is 68.0 Å². The van der Waals surface area contributed by atoms with Crippen molar-refractivity contribution in [1.29, 1.82) is 0 Å². The Morgan fingerprint density at radius 3 is 2.07 bits per heavy atom. The van der Waals surface area contributed by atoms with Crippen LogP contribution >= 0.6 is 0 Å². The maximum atomic E-state index is 9.76. The largest absolute Gasteiger partial charge is 0.511 e. The van der Waals surface area contributed by atoms with Crippen molar-refractivity contribution in [3.8, 4) is 5.75 Å². The first-order chi connectivity index (χ1) is 22.2. The molecule has 0 aliphatic heterocycles. The van der Waals surface area contributed by atoms with Crippen LogP contribution in [0.2, 0.25) is 0 Å². The molecule has 0 aliphatic rings. The second-order valence-electron chi connectivity index (χ2n) is 11.2. The second kappa shape index (κ2) is 23.9. The summed E-state index contributed by atoms with van der Waals surface area (Å²) in [6, 6.07) is 25.6. The number of carbonyl (C=O) groups excluding carboxylic acids is 1. The smallest absolute Gasteiger partial charge is 0.293 e. The van der Waals surface area contributed by atoms with Gasteiger partial charge in [-0.1, -0.05) is 120 Å². The number of aliphatic hydroxyl groups excluding tert-OH is 1. The molecule has 3 aromatic rings. The molecule has 0 heterocycles. The molecule has 0 amide bonds. The number of allylic oxidation sites excluding steroid dienone is 2. The summed E-state index contributed by atoms with van der Waals surface area (Å²) in [6.07, 6.45) is 8.06. The molecule has 0 bridgehead atoms. The van der Waals surface area contributed by atoms with Crippen LogP contribution < -0.4 is 10.1 Å². The fourth-order valence-electron chi connectivity index (χ4n) is 4.12. The number of benzene rings is 3. The maximum absolute atomic E-state index is 9.76. The van der Waals surface area contributed by atoms with Crippen molar-refractivity contribution < 1.29 is 19.4 Å². The van der Waals surface area contributed by atoms with E-state index < -0.39 is 0 Å². The first-order valence-electron chi connectivity index (χ1n) is 16.0. The van der Waals surface area contributed by atoms with Crippen molar-refractivity contribution in [2.45, 2.75) is 73.0 Å². The molecule has 2 N–H and O–H groups in total. The molecule has 6 heteroatoms. The SMILES string of the molecule is C=C(N=C/C(=C\C)c1ccc(OCCCC(C)C)cc1)c1ccc(CC(NC)C(=C)O)cc1.CCC.O=COCc1ccccc1. The number of nitrogens with one attached hydrogen (secondary N) is 1. The molecule has 3 rings (SSSR count). The molecular weight excluding hydrogens is 572 g/mol. The van der Waals surface area contributed by atoms with Crippen molar-refractivity contribution in [2.75, 3.05) is 13.7 Å². The highest BCUT2D eigenvalue weighted by Gasteiger charge is 2.10. The Kier molecular flexibility index (Phi) is 20.6. The summed E-state index contributed by atoms with van der Waals surface area (Å²) in [5, 5.41) is 12.7. The number of rotatable bonds is 16. The van der Waals surface area contributed by atoms with Gasteiger partial charge in [0.1, 0.15) is 18.1 Å². The van der Waals surface area contributed by atoms with Crippen LogP contribution in [0.15, 0.2) is 109 Å². The molecule has 0 saturated heterocycles. The zero-order valence-corrected chi connectivity index (χ0v) is 28.7. The third kappa shape index (κ3) is 16.6. The van der Waals surface area contributed by atoms with Crippen LogP contribution in [0.3, 0.4) is 0 Å². The Labute approximate surface area is 277 Å². The minimum Gasteiger partial charge on any atom is -0.511 e. The fraction of sp³-hybridized carbons (Fsp3) is 0.350. The second-order valence-corrected chi connectivity index (χ2v) is 11.2. The van der Waals surface area contributed by atoms with Gasteiger partial charge in [-0.25, -0.2) is 0 Å². The lowest BCUT2D eigenvalue weighted by atomic mass is 10.0. The van der Waals surface area contributed by atoms with Crippen molar-refractivity contribution >= 4 is 24.0 Å². The first kappa shape index (κ1) is 39.6. The molecule has 0 radical (unpaired) electrons. The molecule has 0 fully saturated rings. The van der Waals surface area contributed by atoms with Crippen molar-refractivity contribution in [3.05, 3.63) is 126 Å². The van der Waals surface area contributed by atoms with Gasteiger partial charge in [-0.3, -0.25) is 9.79 Å². The van der Waals surface area contributed by atoms with E-state index in [1.807, 2.05) is 93.0 Å². The normalized spacial score (nSPS) is 11.5. The van der Waals surface area contributed by atoms with Gasteiger partial charge in [0, 0.05) is 6.21 Å². The quantitative estimate of drug-likeness (QED) is 0.0716. The zero-order chi connectivity index (χ0) is 34.2. The van der Waals surface area contributed by atoms with Gasteiger partial charge in [0.05, 0.1) is 18.3 Å². The number of aliphatic imine (C=N–C) groups is 1. The van der Waals surface area contributed by atoms with E-state index in [4.69, 9.17) is 4.74 Å². The Balaban J connectivity index is 0.000000676. The number of nitrogens with zero attached hydrogens (tertiary/aromatic N) is 1. The van der Waals surface area contributed by atoms with Crippen LogP contribution in [0.25, 0.3) is 11.3 Å². The van der Waals surface area contributed by atoms with Gasteiger partial charge >= 0.3 is 0 Å². The average molecular weight is 627 g/mol. The van der Waals surface area contributed by atoms with E-state index in [0.717, 1.165) is 46.6 Å². The molecule has 6 nitrogen and oxygen atoms in total. The predicted octanol–water partition coefficient (Wildman–Crippen LogP) is 9.62. The van der Waals surface area contributed by atoms with Gasteiger partial charge < -0.3 is 19.9 Å². The van der Waals surface area contributed by atoms with Crippen LogP contribution in [-0.2, 0) is 22.6 Å². The third-order valence-electron chi connectivity index (χ3n) is 6.69. The molecular formula is C40H54N2O4. The Bertz CT molecular complexity index is 1330. The van der Waals surface area contributed by atoms with Crippen molar-refractivity contribution in [1.82, 2.24) is 5.32 Å². The topological polar surface area (TPSA) is 80.1 Å². The summed E-state index contributed by atoms with van der Waals surface area (Å²) in [5.74, 6) is 1.74. The molecule has 0 aromatic heterocycles. The van der Waals surface area contributed by atoms with Gasteiger partial charge in [-0.15, -0.1) is 0 Å². The number of hydrogen-bond acceptors (Lipinski definition) is 6. The van der Waals surface area contributed by atoms with Crippen molar-refractivity contribution in [3.63, 3.8) is 0 Å². The summed E-state index contributed by atoms with van der Waals surface area (Å²) in [4.78, 5) is 14.3. The molecule has 0 spiro atoms. The number of ether oxygens (including phenoxy) is 2. The van der Waals surface area contributed by atoms with E-state index in [-0.39, 0.29) is 11.8 Å². The number of carbonyl (C=O) groups is 1. The highest BCUT2D eigenvalue weighted by Crippen LogP contribution is 2.21. The molecule has 0 aliphatic carbocycles. The number of aliphatic hydroxyl groups is 1. The van der Waals surface area contributed by atoms with Crippen LogP contribution in [0, 0.1) is 5.92 Å². The Morgan fingerprint density at radius 1 is 0.935 bits per heavy atom. The fourth-order valence-corrected chi connectivity index (χ4v) is 4.12. The molecule has 1 atom stereocenters. The highest BCUT2D eigenvalue weighted by atomic mass is 16.5. The monoisotopic (exact) mass is 626 g/mol. The zero-order valence-electron chi connectivity index (χ0n) is 28.7. The Hall–Kier alpha value is -4.42. The van der Waals surface area contributed by atoms with Gasteiger partial charge in [0.25, 0.3) is 6.47 Å². The van der Waals surface area contributed by atoms with Crippen LogP contribution in [-0.4, -0.2) is 37.5 Å². The molecule has 248 valence electrons. The molecule has 46 heavy (non-hydrogen) atoms. The number of hydrogen-bond donors (Lipinski definition) is 2. The van der Waals surface area contributed by atoms with E-state index in [0.29, 0.717) is 31.1 Å². The van der Waals surface area contributed by atoms with Crippen molar-refractivity contribution in [2.24, 2.45) is 10.9 Å². The van der Waals surface area contributed by atoms with E-state index in [1.165, 1.54) is 12.8 Å². The van der Waals surface area contributed by atoms with Crippen LogP contribution in [0.1, 0.15) is 76.1 Å². The Morgan fingerprint density at radius 2 is 1.54 bits per heavy atom. The summed E-state index contributed by atoms with van der Waals surface area (Å²) in [5.41, 5.74) is 5.88. The number of likely N-dealkylation sites (N-methyl/N-ethyl adjacent to an activating group) is 1. The standard InChI is InChI=1S/C29H38N2O2.C8H8O2.C3H8/c1-7-25(27-14-16-28(17-15-27)33-18-8-9-21(2)3)20-31-22(4)26-12-10-24(11-13-26)19-29(30-6)23(5)32;9-7-10-6-8-4-2-1-3-5-8;1-3-2/h7,10-17,20-21,29-30,32H,4-5,8-9,18-19H2,1-3,6H3;1-5,7H,6H2;3H2,1-2H3/b25-7+,31-20?;;. The van der Waals surface area contributed by atoms with E-state index >= 15 is 0 Å². The van der Waals surface area contributed by atoms with E-state index in [1.54, 1.807) is 0 Å². The predicted molar refractivity (Wildman–Crippen MR) is 195 cm³/mol. The molecule has 1 unspecified atom stereocenters. The lowest BCUT2D eigenvalue weighted by Gasteiger charge is -2.14. The summed E-state index contributed by atoms with van der Waals surface area (Å²) >= 11 is 0. The average Bonchev–Trinajstić information content (AvgIpc) is 3.06. The van der Waals surface area contributed by atoms with E-state index in [9.17, 15) is 9.90 Å². The summed E-state index contributed by atoms with van der Waals surface area (Å²) < 4.78 is 10.4. The van der Waals surface area contributed by atoms with Gasteiger partial charge in [0.2, 0.25) is 0 Å². The molecule has 3 aromatic carbocycles. The summed E-state index contributed by atoms with van der Waals surface area (Å²) in [7, 11) is 1.81. The highest BCUT2D eigenvalue weighted by molar-refractivity contribution is 6.11. The molecule has 0 saturated carbocycles. The van der Waals surface area contributed by atoms with Crippen LogP contribution in [0.5, 0.6) is 5.75 Å². The summed E-state index contributed by atoms with van der Waals surface area (Å²) in [6.45, 7) is 20.0. The third-order valence-corrected chi connectivity index (χ3v) is 6.69. The van der Waals surface area contributed by atoms with Gasteiger partial charge in [-0.05, 0) is 79.1 Å². The minimum absolute atomic E-state index is 0.139. The lowest BCUT2D eigenvalue weighted by Crippen LogP contribution is -2.29. The van der Waals surface area contributed by atoms with Gasteiger partial charge in [-0.2, -0.15) is 0 Å².